The molecule has 104 valence electrons. The summed E-state index contributed by atoms with van der Waals surface area (Å²) in [7, 11) is 0. The first kappa shape index (κ1) is 15.0. The molecule has 0 aromatic carbocycles. The van der Waals surface area contributed by atoms with Gasteiger partial charge in [-0.25, -0.2) is 9.69 Å². The molecular weight excluding hydrogens is 234 g/mol. The largest absolute Gasteiger partial charge is 0.447 e. The summed E-state index contributed by atoms with van der Waals surface area (Å²) in [5.41, 5.74) is -0.382. The highest BCUT2D eigenvalue weighted by molar-refractivity contribution is 5.93. The number of ether oxygens (including phenoxy) is 1. The van der Waals surface area contributed by atoms with Gasteiger partial charge in [0.1, 0.15) is 6.61 Å². The second kappa shape index (κ2) is 5.26. The van der Waals surface area contributed by atoms with E-state index in [1.54, 1.807) is 0 Å². The number of hydrogen-bond donors (Lipinski definition) is 1. The smallest absolute Gasteiger partial charge is 0.416 e. The van der Waals surface area contributed by atoms with Crippen LogP contribution in [0.2, 0.25) is 0 Å². The maximum atomic E-state index is 12.1. The standard InChI is InChI=1S/C13H23NO4/c1-8(2)9-7-18-12(17)14(9)11(16)6-10(15)13(3,4)5/h8-10,15H,6-7H2,1-5H3/t9-,10?/m1/s1. The lowest BCUT2D eigenvalue weighted by molar-refractivity contribution is -0.133. The van der Waals surface area contributed by atoms with Crippen molar-refractivity contribution < 1.29 is 19.4 Å². The molecule has 0 bridgehead atoms. The third kappa shape index (κ3) is 3.22. The lowest BCUT2D eigenvalue weighted by atomic mass is 9.87. The summed E-state index contributed by atoms with van der Waals surface area (Å²) in [6, 6.07) is -0.225. The van der Waals surface area contributed by atoms with Gasteiger partial charge in [0.05, 0.1) is 18.6 Å². The molecule has 1 aliphatic heterocycles. The van der Waals surface area contributed by atoms with Crippen LogP contribution in [-0.4, -0.2) is 40.8 Å². The predicted molar refractivity (Wildman–Crippen MR) is 66.9 cm³/mol. The Hall–Kier alpha value is -1.10. The minimum absolute atomic E-state index is 0.0538. The Bertz CT molecular complexity index is 332. The van der Waals surface area contributed by atoms with E-state index in [9.17, 15) is 14.7 Å². The third-order valence-electron chi connectivity index (χ3n) is 3.31. The van der Waals surface area contributed by atoms with Crippen LogP contribution in [0.3, 0.4) is 0 Å². The van der Waals surface area contributed by atoms with Crippen LogP contribution in [-0.2, 0) is 9.53 Å². The molecule has 1 unspecified atom stereocenters. The van der Waals surface area contributed by atoms with Gasteiger partial charge in [-0.15, -0.1) is 0 Å². The Kier molecular flexibility index (Phi) is 4.37. The summed E-state index contributed by atoms with van der Waals surface area (Å²) in [5.74, 6) is -0.217. The monoisotopic (exact) mass is 257 g/mol. The Morgan fingerprint density at radius 2 is 2.06 bits per heavy atom. The molecule has 0 saturated carbocycles. The Labute approximate surface area is 108 Å². The topological polar surface area (TPSA) is 66.8 Å². The average Bonchev–Trinajstić information content (AvgIpc) is 2.58. The van der Waals surface area contributed by atoms with Crippen molar-refractivity contribution in [3.8, 4) is 0 Å². The van der Waals surface area contributed by atoms with E-state index >= 15 is 0 Å². The van der Waals surface area contributed by atoms with E-state index in [1.165, 1.54) is 0 Å². The molecule has 2 atom stereocenters. The zero-order valence-corrected chi connectivity index (χ0v) is 11.8. The van der Waals surface area contributed by atoms with E-state index in [1.807, 2.05) is 34.6 Å². The molecule has 1 aliphatic rings. The summed E-state index contributed by atoms with van der Waals surface area (Å²) in [5, 5.41) is 9.93. The molecule has 2 amide bonds. The molecule has 5 nitrogen and oxygen atoms in total. The van der Waals surface area contributed by atoms with Crippen molar-refractivity contribution in [2.24, 2.45) is 11.3 Å². The quantitative estimate of drug-likeness (QED) is 0.837. The van der Waals surface area contributed by atoms with E-state index in [0.717, 1.165) is 4.90 Å². The highest BCUT2D eigenvalue weighted by Crippen LogP contribution is 2.25. The normalized spacial score (nSPS) is 22.3. The summed E-state index contributed by atoms with van der Waals surface area (Å²) in [6.45, 7) is 9.68. The van der Waals surface area contributed by atoms with Crippen molar-refractivity contribution in [1.29, 1.82) is 0 Å². The molecular formula is C13H23NO4. The molecule has 1 rings (SSSR count). The number of amides is 2. The minimum Gasteiger partial charge on any atom is -0.447 e. The van der Waals surface area contributed by atoms with Crippen LogP contribution in [0.5, 0.6) is 0 Å². The Morgan fingerprint density at radius 1 is 1.50 bits per heavy atom. The molecule has 18 heavy (non-hydrogen) atoms. The van der Waals surface area contributed by atoms with E-state index < -0.39 is 12.2 Å². The number of hydrogen-bond acceptors (Lipinski definition) is 4. The maximum absolute atomic E-state index is 12.1. The van der Waals surface area contributed by atoms with Crippen molar-refractivity contribution in [3.05, 3.63) is 0 Å². The van der Waals surface area contributed by atoms with Crippen LogP contribution in [0, 0.1) is 11.3 Å². The van der Waals surface area contributed by atoms with Crippen molar-refractivity contribution in [2.45, 2.75) is 53.2 Å². The summed E-state index contributed by atoms with van der Waals surface area (Å²) >= 11 is 0. The second-order valence-corrected chi connectivity index (χ2v) is 6.24. The van der Waals surface area contributed by atoms with E-state index in [0.29, 0.717) is 0 Å². The summed E-state index contributed by atoms with van der Waals surface area (Å²) < 4.78 is 4.91. The van der Waals surface area contributed by atoms with Crippen LogP contribution in [0.4, 0.5) is 4.79 Å². The number of aliphatic hydroxyl groups is 1. The highest BCUT2D eigenvalue weighted by atomic mass is 16.6. The summed E-state index contributed by atoms with van der Waals surface area (Å²) in [4.78, 5) is 24.8. The first-order valence-electron chi connectivity index (χ1n) is 6.31. The Morgan fingerprint density at radius 3 is 2.50 bits per heavy atom. The van der Waals surface area contributed by atoms with Crippen LogP contribution < -0.4 is 0 Å². The number of imide groups is 1. The van der Waals surface area contributed by atoms with Gasteiger partial charge in [0, 0.05) is 0 Å². The van der Waals surface area contributed by atoms with Crippen molar-refractivity contribution in [3.63, 3.8) is 0 Å². The van der Waals surface area contributed by atoms with Crippen molar-refractivity contribution in [1.82, 2.24) is 4.90 Å². The van der Waals surface area contributed by atoms with Crippen molar-refractivity contribution >= 4 is 12.0 Å². The molecule has 0 radical (unpaired) electrons. The maximum Gasteiger partial charge on any atom is 0.416 e. The minimum atomic E-state index is -0.772. The highest BCUT2D eigenvalue weighted by Gasteiger charge is 2.40. The molecule has 1 heterocycles. The molecule has 0 aromatic rings. The van der Waals surface area contributed by atoms with Gasteiger partial charge in [0.25, 0.3) is 0 Å². The van der Waals surface area contributed by atoms with Gasteiger partial charge >= 0.3 is 6.09 Å². The zero-order valence-electron chi connectivity index (χ0n) is 11.8. The van der Waals surface area contributed by atoms with Gasteiger partial charge in [-0.2, -0.15) is 0 Å². The predicted octanol–water partition coefficient (Wildman–Crippen LogP) is 1.79. The SMILES string of the molecule is CC(C)[C@H]1COC(=O)N1C(=O)CC(O)C(C)(C)C. The molecule has 0 spiro atoms. The number of carbonyl (C=O) groups excluding carboxylic acids is 2. The van der Waals surface area contributed by atoms with Crippen LogP contribution in [0.1, 0.15) is 41.0 Å². The molecule has 5 heteroatoms. The number of nitrogens with zero attached hydrogens (tertiary/aromatic N) is 1. The fraction of sp³-hybridized carbons (Fsp3) is 0.846. The van der Waals surface area contributed by atoms with Gasteiger partial charge in [-0.1, -0.05) is 34.6 Å². The Balaban J connectivity index is 2.73. The summed E-state index contributed by atoms with van der Waals surface area (Å²) in [6.07, 6.45) is -1.42. The molecule has 1 fully saturated rings. The zero-order chi connectivity index (χ0) is 14.1. The third-order valence-corrected chi connectivity index (χ3v) is 3.31. The molecule has 1 N–H and O–H groups in total. The van der Waals surface area contributed by atoms with Gasteiger partial charge in [0.15, 0.2) is 0 Å². The molecule has 1 saturated heterocycles. The lowest BCUT2D eigenvalue weighted by Crippen LogP contribution is -2.44. The fourth-order valence-corrected chi connectivity index (χ4v) is 1.78. The van der Waals surface area contributed by atoms with Crippen LogP contribution in [0.15, 0.2) is 0 Å². The van der Waals surface area contributed by atoms with E-state index in [-0.39, 0.29) is 36.3 Å². The number of carbonyl (C=O) groups is 2. The molecule has 0 aromatic heterocycles. The van der Waals surface area contributed by atoms with Crippen molar-refractivity contribution in [2.75, 3.05) is 6.61 Å². The van der Waals surface area contributed by atoms with Crippen LogP contribution in [0.25, 0.3) is 0 Å². The number of cyclic esters (lactones) is 1. The fourth-order valence-electron chi connectivity index (χ4n) is 1.78. The first-order chi connectivity index (χ1) is 8.14. The van der Waals surface area contributed by atoms with Gasteiger partial charge < -0.3 is 9.84 Å². The van der Waals surface area contributed by atoms with E-state index in [4.69, 9.17) is 4.74 Å². The average molecular weight is 257 g/mol. The second-order valence-electron chi connectivity index (χ2n) is 6.24. The van der Waals surface area contributed by atoms with Crippen LogP contribution >= 0.6 is 0 Å². The van der Waals surface area contributed by atoms with Gasteiger partial charge in [-0.3, -0.25) is 4.79 Å². The van der Waals surface area contributed by atoms with E-state index in [2.05, 4.69) is 0 Å². The van der Waals surface area contributed by atoms with Gasteiger partial charge in [0.2, 0.25) is 5.91 Å². The van der Waals surface area contributed by atoms with Gasteiger partial charge in [-0.05, 0) is 11.3 Å². The first-order valence-corrected chi connectivity index (χ1v) is 6.31. The molecule has 0 aliphatic carbocycles. The number of rotatable bonds is 3. The lowest BCUT2D eigenvalue weighted by Gasteiger charge is -2.28. The number of aliphatic hydroxyl groups excluding tert-OH is 1.